The van der Waals surface area contributed by atoms with Gasteiger partial charge in [-0.3, -0.25) is 9.59 Å². The number of thioether (sulfide) groups is 1. The summed E-state index contributed by atoms with van der Waals surface area (Å²) in [5, 5.41) is 5.46. The van der Waals surface area contributed by atoms with E-state index in [2.05, 4.69) is 10.6 Å². The normalized spacial score (nSPS) is 10.3. The molecule has 3 aromatic carbocycles. The van der Waals surface area contributed by atoms with Gasteiger partial charge in [-0.1, -0.05) is 12.1 Å². The lowest BCUT2D eigenvalue weighted by Gasteiger charge is -2.10. The summed E-state index contributed by atoms with van der Waals surface area (Å²) in [5.41, 5.74) is 1.09. The zero-order chi connectivity index (χ0) is 22.2. The summed E-state index contributed by atoms with van der Waals surface area (Å²) in [5.74, 6) is 0.0711. The number of nitrogens with one attached hydrogen (secondary N) is 2. The molecule has 6 nitrogen and oxygen atoms in total. The predicted molar refractivity (Wildman–Crippen MR) is 120 cm³/mol. The first kappa shape index (κ1) is 22.2. The van der Waals surface area contributed by atoms with Crippen molar-refractivity contribution in [1.82, 2.24) is 0 Å². The average Bonchev–Trinajstić information content (AvgIpc) is 2.78. The second-order valence-electron chi connectivity index (χ2n) is 6.40. The molecule has 0 atom stereocenters. The number of carbonyl (C=O) groups excluding carboxylic acids is 2. The molecule has 0 heterocycles. The van der Waals surface area contributed by atoms with E-state index in [4.69, 9.17) is 9.47 Å². The van der Waals surface area contributed by atoms with Crippen molar-refractivity contribution in [2.24, 2.45) is 0 Å². The predicted octanol–water partition coefficient (Wildman–Crippen LogP) is 4.83. The van der Waals surface area contributed by atoms with Crippen LogP contribution in [-0.2, 0) is 4.79 Å². The molecule has 0 radical (unpaired) electrons. The summed E-state index contributed by atoms with van der Waals surface area (Å²) < 4.78 is 24.1. The second kappa shape index (κ2) is 10.5. The van der Waals surface area contributed by atoms with Crippen molar-refractivity contribution in [3.05, 3.63) is 78.1 Å². The summed E-state index contributed by atoms with van der Waals surface area (Å²) in [4.78, 5) is 25.3. The van der Waals surface area contributed by atoms with Crippen LogP contribution < -0.4 is 20.1 Å². The molecule has 0 unspecified atom stereocenters. The zero-order valence-electron chi connectivity index (χ0n) is 17.0. The molecule has 0 saturated heterocycles. The SMILES string of the molecule is COc1cc(NC(=O)CSc2ccc(NC(=O)c3ccccc3F)cc2)cc(OC)c1. The first-order chi connectivity index (χ1) is 15.0. The van der Waals surface area contributed by atoms with Crippen molar-refractivity contribution in [3.8, 4) is 11.5 Å². The Morgan fingerprint density at radius 1 is 0.871 bits per heavy atom. The molecule has 31 heavy (non-hydrogen) atoms. The van der Waals surface area contributed by atoms with E-state index in [9.17, 15) is 14.0 Å². The smallest absolute Gasteiger partial charge is 0.258 e. The Labute approximate surface area is 183 Å². The van der Waals surface area contributed by atoms with Gasteiger partial charge in [-0.05, 0) is 36.4 Å². The van der Waals surface area contributed by atoms with Gasteiger partial charge in [-0.15, -0.1) is 11.8 Å². The average molecular weight is 440 g/mol. The number of hydrogen-bond donors (Lipinski definition) is 2. The van der Waals surface area contributed by atoms with Gasteiger partial charge < -0.3 is 20.1 Å². The highest BCUT2D eigenvalue weighted by Crippen LogP contribution is 2.26. The van der Waals surface area contributed by atoms with Gasteiger partial charge in [0.15, 0.2) is 0 Å². The highest BCUT2D eigenvalue weighted by Gasteiger charge is 2.11. The van der Waals surface area contributed by atoms with Crippen LogP contribution in [0.3, 0.4) is 0 Å². The Kier molecular flexibility index (Phi) is 7.50. The molecule has 0 aliphatic rings. The molecular formula is C23H21FN2O4S. The maximum absolute atomic E-state index is 13.7. The lowest BCUT2D eigenvalue weighted by atomic mass is 10.2. The molecule has 0 bridgehead atoms. The third kappa shape index (κ3) is 6.23. The van der Waals surface area contributed by atoms with Gasteiger partial charge in [0, 0.05) is 34.5 Å². The van der Waals surface area contributed by atoms with Crippen molar-refractivity contribution >= 4 is 35.0 Å². The zero-order valence-corrected chi connectivity index (χ0v) is 17.8. The van der Waals surface area contributed by atoms with Gasteiger partial charge in [0.2, 0.25) is 5.91 Å². The van der Waals surface area contributed by atoms with E-state index >= 15 is 0 Å². The molecule has 3 rings (SSSR count). The van der Waals surface area contributed by atoms with Gasteiger partial charge in [0.1, 0.15) is 17.3 Å². The van der Waals surface area contributed by atoms with Crippen LogP contribution in [-0.4, -0.2) is 31.8 Å². The van der Waals surface area contributed by atoms with Gasteiger partial charge in [0.05, 0.1) is 25.5 Å². The molecule has 0 aliphatic carbocycles. The van der Waals surface area contributed by atoms with E-state index in [0.29, 0.717) is 22.9 Å². The van der Waals surface area contributed by atoms with Crippen molar-refractivity contribution in [3.63, 3.8) is 0 Å². The van der Waals surface area contributed by atoms with Gasteiger partial charge in [-0.25, -0.2) is 4.39 Å². The molecule has 3 aromatic rings. The Hall–Kier alpha value is -3.52. The number of ether oxygens (including phenoxy) is 2. The van der Waals surface area contributed by atoms with E-state index in [-0.39, 0.29) is 17.2 Å². The summed E-state index contributed by atoms with van der Waals surface area (Å²) in [6.07, 6.45) is 0. The highest BCUT2D eigenvalue weighted by molar-refractivity contribution is 8.00. The molecule has 0 aliphatic heterocycles. The van der Waals surface area contributed by atoms with Crippen LogP contribution in [0.1, 0.15) is 10.4 Å². The maximum atomic E-state index is 13.7. The van der Waals surface area contributed by atoms with E-state index in [1.165, 1.54) is 30.0 Å². The summed E-state index contributed by atoms with van der Waals surface area (Å²) >= 11 is 1.35. The minimum absolute atomic E-state index is 0.0215. The van der Waals surface area contributed by atoms with E-state index in [1.54, 1.807) is 62.8 Å². The lowest BCUT2D eigenvalue weighted by molar-refractivity contribution is -0.113. The van der Waals surface area contributed by atoms with Crippen LogP contribution in [0.2, 0.25) is 0 Å². The fourth-order valence-electron chi connectivity index (χ4n) is 2.70. The quantitative estimate of drug-likeness (QED) is 0.491. The van der Waals surface area contributed by atoms with Gasteiger partial charge >= 0.3 is 0 Å². The maximum Gasteiger partial charge on any atom is 0.258 e. The molecule has 2 amide bonds. The number of rotatable bonds is 8. The number of halogens is 1. The van der Waals surface area contributed by atoms with E-state index in [0.717, 1.165) is 4.90 Å². The number of anilines is 2. The molecule has 0 spiro atoms. The molecule has 160 valence electrons. The van der Waals surface area contributed by atoms with E-state index < -0.39 is 11.7 Å². The molecule has 2 N–H and O–H groups in total. The molecule has 0 saturated carbocycles. The van der Waals surface area contributed by atoms with E-state index in [1.807, 2.05) is 0 Å². The second-order valence-corrected chi connectivity index (χ2v) is 7.45. The number of hydrogen-bond acceptors (Lipinski definition) is 5. The topological polar surface area (TPSA) is 76.7 Å². The van der Waals surface area contributed by atoms with Crippen LogP contribution in [0.15, 0.2) is 71.6 Å². The fraction of sp³-hybridized carbons (Fsp3) is 0.130. The minimum Gasteiger partial charge on any atom is -0.497 e. The van der Waals surface area contributed by atoms with Gasteiger partial charge in [0.25, 0.3) is 5.91 Å². The Morgan fingerprint density at radius 2 is 1.52 bits per heavy atom. The Balaban J connectivity index is 1.54. The van der Waals surface area contributed by atoms with Crippen LogP contribution >= 0.6 is 11.8 Å². The summed E-state index contributed by atoms with van der Waals surface area (Å²) in [6, 6.07) is 17.9. The third-order valence-corrected chi connectivity index (χ3v) is 5.25. The molecule has 0 aromatic heterocycles. The number of methoxy groups -OCH3 is 2. The minimum atomic E-state index is -0.577. The first-order valence-corrected chi connectivity index (χ1v) is 10.3. The fourth-order valence-corrected chi connectivity index (χ4v) is 3.40. The van der Waals surface area contributed by atoms with Crippen LogP contribution in [0.5, 0.6) is 11.5 Å². The molecular weight excluding hydrogens is 419 g/mol. The molecule has 0 fully saturated rings. The standard InChI is InChI=1S/C23H21FN2O4S/c1-29-17-11-16(12-18(13-17)30-2)25-22(27)14-31-19-9-7-15(8-10-19)26-23(28)20-5-3-4-6-21(20)24/h3-13H,14H2,1-2H3,(H,25,27)(H,26,28). The number of benzene rings is 3. The summed E-state index contributed by atoms with van der Waals surface area (Å²) in [6.45, 7) is 0. The van der Waals surface area contributed by atoms with Crippen LogP contribution in [0, 0.1) is 5.82 Å². The molecule has 8 heteroatoms. The van der Waals surface area contributed by atoms with Crippen molar-refractivity contribution in [2.75, 3.05) is 30.6 Å². The van der Waals surface area contributed by atoms with Crippen molar-refractivity contribution in [1.29, 1.82) is 0 Å². The van der Waals surface area contributed by atoms with Crippen molar-refractivity contribution < 1.29 is 23.5 Å². The highest BCUT2D eigenvalue weighted by atomic mass is 32.2. The monoisotopic (exact) mass is 440 g/mol. The lowest BCUT2D eigenvalue weighted by Crippen LogP contribution is -2.14. The third-order valence-electron chi connectivity index (χ3n) is 4.24. The van der Waals surface area contributed by atoms with Crippen LogP contribution in [0.4, 0.5) is 15.8 Å². The Bertz CT molecular complexity index is 1050. The Morgan fingerprint density at radius 3 is 2.13 bits per heavy atom. The number of amides is 2. The number of carbonyl (C=O) groups is 2. The van der Waals surface area contributed by atoms with Gasteiger partial charge in [-0.2, -0.15) is 0 Å². The first-order valence-electron chi connectivity index (χ1n) is 9.30. The largest absolute Gasteiger partial charge is 0.497 e. The van der Waals surface area contributed by atoms with Crippen molar-refractivity contribution in [2.45, 2.75) is 4.90 Å². The summed E-state index contributed by atoms with van der Waals surface area (Å²) in [7, 11) is 3.08. The van der Waals surface area contributed by atoms with Crippen LogP contribution in [0.25, 0.3) is 0 Å².